The number of imidazole rings is 1. The first-order valence-electron chi connectivity index (χ1n) is 9.01. The van der Waals surface area contributed by atoms with Crippen molar-refractivity contribution >= 4 is 22.8 Å². The summed E-state index contributed by atoms with van der Waals surface area (Å²) in [4.78, 5) is 20.9. The van der Waals surface area contributed by atoms with E-state index in [4.69, 9.17) is 10.5 Å². The maximum Gasteiger partial charge on any atom is 0.251 e. The zero-order valence-electron chi connectivity index (χ0n) is 16.0. The van der Waals surface area contributed by atoms with Gasteiger partial charge in [-0.1, -0.05) is 6.07 Å². The molecule has 0 saturated carbocycles. The van der Waals surface area contributed by atoms with Crippen LogP contribution in [0.2, 0.25) is 0 Å². The highest BCUT2D eigenvalue weighted by Gasteiger charge is 2.12. The summed E-state index contributed by atoms with van der Waals surface area (Å²) in [6.07, 6.45) is 3.60. The van der Waals surface area contributed by atoms with Crippen molar-refractivity contribution in [3.05, 3.63) is 47.4 Å². The number of benzene rings is 1. The number of ether oxygens (including phenoxy) is 1. The molecule has 0 atom stereocenters. The standard InChI is InChI=1S/C20H25N5O2/c1-13-14(2)24-19(21)17-18(13)25(12-23-17)10-5-4-9-22-20(26)15-7-6-8-16(11-15)27-3/h6-8,11-12H,4-5,9-10H2,1-3H3,(H2,21,24)(H,22,26). The van der Waals surface area contributed by atoms with Crippen LogP contribution in [0.3, 0.4) is 0 Å². The fourth-order valence-corrected chi connectivity index (χ4v) is 3.10. The molecule has 3 aromatic rings. The zero-order valence-corrected chi connectivity index (χ0v) is 16.0. The number of anilines is 1. The van der Waals surface area contributed by atoms with E-state index in [1.54, 1.807) is 19.2 Å². The van der Waals surface area contributed by atoms with E-state index in [0.717, 1.165) is 41.7 Å². The highest BCUT2D eigenvalue weighted by atomic mass is 16.5. The van der Waals surface area contributed by atoms with E-state index >= 15 is 0 Å². The number of aryl methyl sites for hydroxylation is 3. The normalized spacial score (nSPS) is 10.9. The molecule has 1 amide bonds. The molecular formula is C20H25N5O2. The smallest absolute Gasteiger partial charge is 0.251 e. The van der Waals surface area contributed by atoms with E-state index in [1.807, 2.05) is 32.3 Å². The molecule has 0 bridgehead atoms. The van der Waals surface area contributed by atoms with E-state index in [0.29, 0.717) is 23.7 Å². The maximum atomic E-state index is 12.2. The van der Waals surface area contributed by atoms with Gasteiger partial charge in [-0.15, -0.1) is 0 Å². The largest absolute Gasteiger partial charge is 0.497 e. The van der Waals surface area contributed by atoms with Crippen molar-refractivity contribution in [2.75, 3.05) is 19.4 Å². The van der Waals surface area contributed by atoms with Crippen molar-refractivity contribution in [3.63, 3.8) is 0 Å². The quantitative estimate of drug-likeness (QED) is 0.626. The predicted molar refractivity (Wildman–Crippen MR) is 106 cm³/mol. The van der Waals surface area contributed by atoms with Gasteiger partial charge >= 0.3 is 0 Å². The van der Waals surface area contributed by atoms with Crippen molar-refractivity contribution in [3.8, 4) is 5.75 Å². The van der Waals surface area contributed by atoms with Gasteiger partial charge in [-0.2, -0.15) is 0 Å². The molecule has 27 heavy (non-hydrogen) atoms. The van der Waals surface area contributed by atoms with E-state index in [-0.39, 0.29) is 5.91 Å². The molecule has 0 unspecified atom stereocenters. The maximum absolute atomic E-state index is 12.2. The summed E-state index contributed by atoms with van der Waals surface area (Å²) in [6.45, 7) is 5.42. The first-order chi connectivity index (χ1) is 13.0. The molecule has 3 N–H and O–H groups in total. The highest BCUT2D eigenvalue weighted by Crippen LogP contribution is 2.24. The lowest BCUT2D eigenvalue weighted by Crippen LogP contribution is -2.24. The Morgan fingerprint density at radius 3 is 2.89 bits per heavy atom. The fraction of sp³-hybridized carbons (Fsp3) is 0.350. The van der Waals surface area contributed by atoms with Crippen LogP contribution in [0.1, 0.15) is 34.5 Å². The van der Waals surface area contributed by atoms with E-state index in [2.05, 4.69) is 19.9 Å². The van der Waals surface area contributed by atoms with Gasteiger partial charge in [0, 0.05) is 24.3 Å². The van der Waals surface area contributed by atoms with Crippen molar-refractivity contribution in [1.29, 1.82) is 0 Å². The molecule has 0 fully saturated rings. The van der Waals surface area contributed by atoms with Gasteiger partial charge in [0.15, 0.2) is 5.82 Å². The Morgan fingerprint density at radius 2 is 2.11 bits per heavy atom. The molecule has 0 aliphatic rings. The summed E-state index contributed by atoms with van der Waals surface area (Å²) < 4.78 is 7.26. The van der Waals surface area contributed by atoms with E-state index < -0.39 is 0 Å². The number of nitrogen functional groups attached to an aromatic ring is 1. The number of amides is 1. The van der Waals surface area contributed by atoms with Crippen LogP contribution in [0.25, 0.3) is 11.0 Å². The van der Waals surface area contributed by atoms with Gasteiger partial charge in [0.25, 0.3) is 5.91 Å². The number of aromatic nitrogens is 3. The van der Waals surface area contributed by atoms with Gasteiger partial charge in [0.1, 0.15) is 11.3 Å². The second-order valence-corrected chi connectivity index (χ2v) is 6.54. The Morgan fingerprint density at radius 1 is 1.30 bits per heavy atom. The lowest BCUT2D eigenvalue weighted by molar-refractivity contribution is 0.0952. The van der Waals surface area contributed by atoms with Crippen molar-refractivity contribution in [1.82, 2.24) is 19.9 Å². The van der Waals surface area contributed by atoms with Gasteiger partial charge in [-0.05, 0) is 50.5 Å². The average molecular weight is 367 g/mol. The number of methoxy groups -OCH3 is 1. The summed E-state index contributed by atoms with van der Waals surface area (Å²) in [7, 11) is 1.59. The fourth-order valence-electron chi connectivity index (χ4n) is 3.10. The molecule has 7 nitrogen and oxygen atoms in total. The number of hydrogen-bond acceptors (Lipinski definition) is 5. The number of pyridine rings is 1. The van der Waals surface area contributed by atoms with Gasteiger partial charge in [0.2, 0.25) is 0 Å². The number of fused-ring (bicyclic) bond motifs is 1. The average Bonchev–Trinajstić information content (AvgIpc) is 3.10. The summed E-state index contributed by atoms with van der Waals surface area (Å²) in [5, 5.41) is 2.95. The molecule has 142 valence electrons. The van der Waals surface area contributed by atoms with Gasteiger partial charge in [0.05, 0.1) is 19.0 Å². The number of rotatable bonds is 7. The number of hydrogen-bond donors (Lipinski definition) is 2. The highest BCUT2D eigenvalue weighted by molar-refractivity contribution is 5.94. The SMILES string of the molecule is COc1cccc(C(=O)NCCCCn2cnc3c(N)nc(C)c(C)c32)c1. The van der Waals surface area contributed by atoms with Crippen LogP contribution >= 0.6 is 0 Å². The second kappa shape index (κ2) is 8.07. The van der Waals surface area contributed by atoms with Crippen molar-refractivity contribution in [2.24, 2.45) is 0 Å². The van der Waals surface area contributed by atoms with Crippen molar-refractivity contribution in [2.45, 2.75) is 33.2 Å². The third kappa shape index (κ3) is 4.02. The molecule has 7 heteroatoms. The van der Waals surface area contributed by atoms with Crippen molar-refractivity contribution < 1.29 is 9.53 Å². The van der Waals surface area contributed by atoms with Crippen LogP contribution < -0.4 is 15.8 Å². The van der Waals surface area contributed by atoms with Crippen LogP contribution in [0.4, 0.5) is 5.82 Å². The third-order valence-electron chi connectivity index (χ3n) is 4.71. The molecule has 0 radical (unpaired) electrons. The lowest BCUT2D eigenvalue weighted by Gasteiger charge is -2.10. The number of carbonyl (C=O) groups is 1. The van der Waals surface area contributed by atoms with Crippen LogP contribution in [-0.4, -0.2) is 34.1 Å². The van der Waals surface area contributed by atoms with Crippen LogP contribution in [0, 0.1) is 13.8 Å². The monoisotopic (exact) mass is 367 g/mol. The molecule has 1 aromatic carbocycles. The number of carbonyl (C=O) groups excluding carboxylic acids is 1. The Hall–Kier alpha value is -3.09. The topological polar surface area (TPSA) is 95.1 Å². The predicted octanol–water partition coefficient (Wildman–Crippen LogP) is 2.85. The number of nitrogens with zero attached hydrogens (tertiary/aromatic N) is 3. The Bertz CT molecular complexity index is 964. The molecule has 0 aliphatic carbocycles. The summed E-state index contributed by atoms with van der Waals surface area (Å²) in [5.41, 5.74) is 10.4. The number of nitrogens with two attached hydrogens (primary N) is 1. The lowest BCUT2D eigenvalue weighted by atomic mass is 10.2. The minimum Gasteiger partial charge on any atom is -0.497 e. The Balaban J connectivity index is 1.53. The molecule has 2 heterocycles. The minimum absolute atomic E-state index is 0.0905. The molecule has 0 aliphatic heterocycles. The first kappa shape index (κ1) is 18.7. The molecule has 0 saturated heterocycles. The van der Waals surface area contributed by atoms with Crippen LogP contribution in [0.5, 0.6) is 5.75 Å². The first-order valence-corrected chi connectivity index (χ1v) is 9.01. The minimum atomic E-state index is -0.0905. The Labute approximate surface area is 158 Å². The van der Waals surface area contributed by atoms with Crippen LogP contribution in [-0.2, 0) is 6.54 Å². The molecular weight excluding hydrogens is 342 g/mol. The summed E-state index contributed by atoms with van der Waals surface area (Å²) in [5.74, 6) is 1.05. The summed E-state index contributed by atoms with van der Waals surface area (Å²) >= 11 is 0. The van der Waals surface area contributed by atoms with E-state index in [1.165, 1.54) is 0 Å². The molecule has 3 rings (SSSR count). The van der Waals surface area contributed by atoms with Gasteiger partial charge < -0.3 is 20.4 Å². The van der Waals surface area contributed by atoms with Gasteiger partial charge in [-0.25, -0.2) is 9.97 Å². The number of nitrogens with one attached hydrogen (secondary N) is 1. The van der Waals surface area contributed by atoms with Crippen LogP contribution in [0.15, 0.2) is 30.6 Å². The number of unbranched alkanes of at least 4 members (excludes halogenated alkanes) is 1. The third-order valence-corrected chi connectivity index (χ3v) is 4.71. The summed E-state index contributed by atoms with van der Waals surface area (Å²) in [6, 6.07) is 7.14. The molecule has 0 spiro atoms. The van der Waals surface area contributed by atoms with Gasteiger partial charge in [-0.3, -0.25) is 4.79 Å². The molecule has 2 aromatic heterocycles. The van der Waals surface area contributed by atoms with E-state index in [9.17, 15) is 4.79 Å². The zero-order chi connectivity index (χ0) is 19.4. The second-order valence-electron chi connectivity index (χ2n) is 6.54. The Kier molecular flexibility index (Phi) is 5.59.